The van der Waals surface area contributed by atoms with Gasteiger partial charge < -0.3 is 4.42 Å². The number of benzene rings is 3. The smallest absolute Gasteiger partial charge is 0.345 e. The fourth-order valence-corrected chi connectivity index (χ4v) is 5.03. The molecule has 5 aromatic rings. The molecular formula is C25H15BrClFN2O2S. The van der Waals surface area contributed by atoms with Crippen LogP contribution in [0.1, 0.15) is 5.56 Å². The summed E-state index contributed by atoms with van der Waals surface area (Å²) in [5.41, 5.74) is 2.13. The van der Waals surface area contributed by atoms with Crippen LogP contribution in [0.3, 0.4) is 0 Å². The Morgan fingerprint density at radius 2 is 1.85 bits per heavy atom. The summed E-state index contributed by atoms with van der Waals surface area (Å²) in [7, 11) is 0. The molecule has 0 saturated heterocycles. The van der Waals surface area contributed by atoms with Crippen molar-refractivity contribution in [2.75, 3.05) is 0 Å². The first kappa shape index (κ1) is 21.9. The van der Waals surface area contributed by atoms with Crippen LogP contribution in [0, 0.1) is 5.82 Å². The first-order chi connectivity index (χ1) is 16.0. The highest BCUT2D eigenvalue weighted by Gasteiger charge is 2.17. The maximum absolute atomic E-state index is 14.3. The average molecular weight is 542 g/mol. The molecule has 3 aromatic carbocycles. The minimum Gasteiger partial charge on any atom is -0.422 e. The predicted molar refractivity (Wildman–Crippen MR) is 134 cm³/mol. The summed E-state index contributed by atoms with van der Waals surface area (Å²) in [6, 6.07) is 21.4. The summed E-state index contributed by atoms with van der Waals surface area (Å²) >= 11 is 11.0. The van der Waals surface area contributed by atoms with Gasteiger partial charge in [-0.15, -0.1) is 0 Å². The molecule has 0 atom stereocenters. The zero-order valence-electron chi connectivity index (χ0n) is 17.0. The van der Waals surface area contributed by atoms with Crippen molar-refractivity contribution >= 4 is 50.3 Å². The molecule has 2 heterocycles. The molecule has 0 radical (unpaired) electrons. The Morgan fingerprint density at radius 1 is 1.06 bits per heavy atom. The van der Waals surface area contributed by atoms with E-state index in [-0.39, 0.29) is 11.6 Å². The van der Waals surface area contributed by atoms with E-state index in [0.29, 0.717) is 32.6 Å². The van der Waals surface area contributed by atoms with Crippen LogP contribution in [0.5, 0.6) is 0 Å². The van der Waals surface area contributed by atoms with Crippen molar-refractivity contribution in [1.29, 1.82) is 0 Å². The van der Waals surface area contributed by atoms with Gasteiger partial charge in [0.1, 0.15) is 11.4 Å². The van der Waals surface area contributed by atoms with E-state index in [1.54, 1.807) is 30.5 Å². The number of halogens is 3. The second-order valence-electron chi connectivity index (χ2n) is 7.23. The number of aromatic nitrogens is 2. The molecule has 2 aromatic heterocycles. The quantitative estimate of drug-likeness (QED) is 0.171. The largest absolute Gasteiger partial charge is 0.422 e. The molecule has 164 valence electrons. The molecule has 0 fully saturated rings. The van der Waals surface area contributed by atoms with E-state index < -0.39 is 5.63 Å². The van der Waals surface area contributed by atoms with Gasteiger partial charge in [0.15, 0.2) is 5.16 Å². The van der Waals surface area contributed by atoms with Crippen LogP contribution in [0.2, 0.25) is 5.02 Å². The summed E-state index contributed by atoms with van der Waals surface area (Å²) in [4.78, 5) is 17.4. The summed E-state index contributed by atoms with van der Waals surface area (Å²) in [6.07, 6.45) is 1.79. The van der Waals surface area contributed by atoms with Crippen LogP contribution in [-0.4, -0.2) is 9.55 Å². The number of fused-ring (bicyclic) bond motifs is 1. The third kappa shape index (κ3) is 4.49. The van der Waals surface area contributed by atoms with E-state index >= 15 is 0 Å². The van der Waals surface area contributed by atoms with Crippen molar-refractivity contribution in [2.24, 2.45) is 0 Å². The molecule has 33 heavy (non-hydrogen) atoms. The molecule has 0 saturated carbocycles. The van der Waals surface area contributed by atoms with E-state index in [1.807, 2.05) is 47.0 Å². The number of imidazole rings is 1. The van der Waals surface area contributed by atoms with Crippen LogP contribution in [0.15, 0.2) is 97.8 Å². The molecule has 0 amide bonds. The molecule has 0 N–H and O–H groups in total. The van der Waals surface area contributed by atoms with Gasteiger partial charge in [-0.2, -0.15) is 0 Å². The van der Waals surface area contributed by atoms with Gasteiger partial charge in [-0.1, -0.05) is 63.6 Å². The van der Waals surface area contributed by atoms with E-state index in [1.165, 1.54) is 17.8 Å². The summed E-state index contributed by atoms with van der Waals surface area (Å²) < 4.78 is 22.6. The van der Waals surface area contributed by atoms with E-state index in [0.717, 1.165) is 15.5 Å². The molecule has 8 heteroatoms. The third-order valence-corrected chi connectivity index (χ3v) is 6.96. The van der Waals surface area contributed by atoms with Crippen LogP contribution in [-0.2, 0) is 5.75 Å². The van der Waals surface area contributed by atoms with Gasteiger partial charge in [-0.05, 0) is 48.5 Å². The highest BCUT2D eigenvalue weighted by Crippen LogP contribution is 2.32. The first-order valence-corrected chi connectivity index (χ1v) is 12.1. The number of hydrogen-bond acceptors (Lipinski definition) is 4. The second kappa shape index (κ2) is 9.17. The number of nitrogens with zero attached hydrogens (tertiary/aromatic N) is 2. The summed E-state index contributed by atoms with van der Waals surface area (Å²) in [6.45, 7) is 0. The molecule has 0 unspecified atom stereocenters. The van der Waals surface area contributed by atoms with Gasteiger partial charge in [0.25, 0.3) is 0 Å². The lowest BCUT2D eigenvalue weighted by atomic mass is 10.1. The van der Waals surface area contributed by atoms with Crippen molar-refractivity contribution < 1.29 is 8.81 Å². The molecule has 4 nitrogen and oxygen atoms in total. The van der Waals surface area contributed by atoms with Crippen molar-refractivity contribution in [3.63, 3.8) is 0 Å². The average Bonchev–Trinajstić information content (AvgIpc) is 3.22. The normalized spacial score (nSPS) is 11.2. The minimum absolute atomic E-state index is 0.283. The topological polar surface area (TPSA) is 48.0 Å². The van der Waals surface area contributed by atoms with Gasteiger partial charge in [0.2, 0.25) is 0 Å². The number of rotatable bonds is 5. The SMILES string of the molecule is O=c1oc2ccccc2cc1-c1cn(-c2ccc(Br)cc2)c(SCc2c(F)cccc2Cl)n1. The maximum atomic E-state index is 14.3. The van der Waals surface area contributed by atoms with Crippen molar-refractivity contribution in [1.82, 2.24) is 9.55 Å². The van der Waals surface area contributed by atoms with Gasteiger partial charge in [-0.25, -0.2) is 14.2 Å². The second-order valence-corrected chi connectivity index (χ2v) is 9.49. The molecular weight excluding hydrogens is 527 g/mol. The lowest BCUT2D eigenvalue weighted by Gasteiger charge is -2.09. The van der Waals surface area contributed by atoms with Crippen molar-refractivity contribution in [3.8, 4) is 16.9 Å². The highest BCUT2D eigenvalue weighted by molar-refractivity contribution is 9.10. The number of thioether (sulfide) groups is 1. The lowest BCUT2D eigenvalue weighted by Crippen LogP contribution is -2.02. The first-order valence-electron chi connectivity index (χ1n) is 9.94. The van der Waals surface area contributed by atoms with Gasteiger partial charge in [0.05, 0.1) is 11.3 Å². The van der Waals surface area contributed by atoms with Gasteiger partial charge in [0, 0.05) is 38.1 Å². The monoisotopic (exact) mass is 540 g/mol. The van der Waals surface area contributed by atoms with E-state index in [2.05, 4.69) is 15.9 Å². The maximum Gasteiger partial charge on any atom is 0.345 e. The molecule has 0 aliphatic rings. The Labute approximate surface area is 206 Å². The molecule has 0 bridgehead atoms. The zero-order valence-corrected chi connectivity index (χ0v) is 20.1. The molecule has 0 aliphatic carbocycles. The van der Waals surface area contributed by atoms with Gasteiger partial charge >= 0.3 is 5.63 Å². The fourth-order valence-electron chi connectivity index (χ4n) is 3.43. The lowest BCUT2D eigenvalue weighted by molar-refractivity contribution is 0.563. The molecule has 0 spiro atoms. The van der Waals surface area contributed by atoms with Crippen molar-refractivity contribution in [3.05, 3.63) is 110 Å². The Morgan fingerprint density at radius 3 is 2.64 bits per heavy atom. The predicted octanol–water partition coefficient (Wildman–Crippen LogP) is 7.49. The Bertz CT molecular complexity index is 1510. The Balaban J connectivity index is 1.60. The van der Waals surface area contributed by atoms with Crippen LogP contribution in [0.25, 0.3) is 27.9 Å². The Hall–Kier alpha value is -2.87. The summed E-state index contributed by atoms with van der Waals surface area (Å²) in [5, 5.41) is 1.76. The minimum atomic E-state index is -0.470. The van der Waals surface area contributed by atoms with Crippen LogP contribution in [0.4, 0.5) is 4.39 Å². The Kier molecular flexibility index (Phi) is 6.10. The third-order valence-electron chi connectivity index (χ3n) is 5.10. The zero-order chi connectivity index (χ0) is 22.9. The fraction of sp³-hybridized carbons (Fsp3) is 0.0400. The molecule has 0 aliphatic heterocycles. The van der Waals surface area contributed by atoms with Crippen LogP contribution < -0.4 is 5.63 Å². The standard InChI is InChI=1S/C25H15BrClFN2O2S/c26-16-8-10-17(11-9-16)30-13-22(18-12-15-4-1-2-7-23(15)32-24(18)31)29-25(30)33-14-19-20(27)5-3-6-21(19)28/h1-13H,14H2. The van der Waals surface area contributed by atoms with E-state index in [9.17, 15) is 9.18 Å². The number of para-hydroxylation sites is 1. The summed E-state index contributed by atoms with van der Waals surface area (Å²) in [5.74, 6) is -0.0858. The van der Waals surface area contributed by atoms with Gasteiger partial charge in [-0.3, -0.25) is 4.57 Å². The van der Waals surface area contributed by atoms with Crippen LogP contribution >= 0.6 is 39.3 Å². The van der Waals surface area contributed by atoms with Crippen molar-refractivity contribution in [2.45, 2.75) is 10.9 Å². The van der Waals surface area contributed by atoms with E-state index in [4.69, 9.17) is 21.0 Å². The molecule has 5 rings (SSSR count). The number of hydrogen-bond donors (Lipinski definition) is 0. The highest BCUT2D eigenvalue weighted by atomic mass is 79.9.